The molecule has 2 unspecified atom stereocenters. The molecule has 0 aliphatic rings. The number of aliphatic carboxylic acids is 2. The van der Waals surface area contributed by atoms with Crippen LogP contribution in [0.2, 0.25) is 0 Å². The number of carbonyl (C=O) groups is 3. The lowest BCUT2D eigenvalue weighted by molar-refractivity contribution is -0.138. The lowest BCUT2D eigenvalue weighted by Gasteiger charge is -2.16. The second kappa shape index (κ2) is 11.1. The van der Waals surface area contributed by atoms with Crippen LogP contribution >= 0.6 is 0 Å². The van der Waals surface area contributed by atoms with Gasteiger partial charge in [0.2, 0.25) is 5.91 Å². The summed E-state index contributed by atoms with van der Waals surface area (Å²) < 4.78 is 0. The van der Waals surface area contributed by atoms with Gasteiger partial charge in [-0.2, -0.15) is 0 Å². The fourth-order valence-corrected chi connectivity index (χ4v) is 2.11. The molecule has 0 radical (unpaired) electrons. The van der Waals surface area contributed by atoms with Gasteiger partial charge in [0.05, 0.1) is 6.04 Å². The van der Waals surface area contributed by atoms with Crippen molar-refractivity contribution in [3.05, 3.63) is 0 Å². The van der Waals surface area contributed by atoms with Gasteiger partial charge in [0.1, 0.15) is 0 Å². The molecule has 2 atom stereocenters. The topological polar surface area (TPSA) is 130 Å². The highest BCUT2D eigenvalue weighted by atomic mass is 16.4. The van der Waals surface area contributed by atoms with E-state index < -0.39 is 18.0 Å². The van der Waals surface area contributed by atoms with E-state index >= 15 is 0 Å². The molecule has 1 amide bonds. The predicted molar refractivity (Wildman–Crippen MR) is 77.7 cm³/mol. The Morgan fingerprint density at radius 1 is 1.00 bits per heavy atom. The van der Waals surface area contributed by atoms with Gasteiger partial charge in [0, 0.05) is 19.4 Å². The molecule has 0 fully saturated rings. The van der Waals surface area contributed by atoms with Gasteiger partial charge in [-0.25, -0.2) is 0 Å². The number of hydrogen-bond donors (Lipinski definition) is 4. The van der Waals surface area contributed by atoms with Crippen molar-refractivity contribution in [2.45, 2.75) is 57.9 Å². The van der Waals surface area contributed by atoms with Crippen molar-refractivity contribution < 1.29 is 24.6 Å². The second-order valence-corrected chi connectivity index (χ2v) is 5.21. The Kier molecular flexibility index (Phi) is 10.2. The van der Waals surface area contributed by atoms with Crippen molar-refractivity contribution in [3.8, 4) is 0 Å². The van der Waals surface area contributed by atoms with Crippen LogP contribution in [-0.4, -0.2) is 40.6 Å². The Hall–Kier alpha value is -1.63. The molecule has 122 valence electrons. The lowest BCUT2D eigenvalue weighted by Crippen LogP contribution is -2.41. The number of hydrogen-bond acceptors (Lipinski definition) is 4. The Labute approximate surface area is 124 Å². The third-order valence-electron chi connectivity index (χ3n) is 3.32. The maximum Gasteiger partial charge on any atom is 0.303 e. The van der Waals surface area contributed by atoms with E-state index in [0.717, 1.165) is 12.8 Å². The highest BCUT2D eigenvalue weighted by Gasteiger charge is 2.15. The van der Waals surface area contributed by atoms with Crippen molar-refractivity contribution in [1.82, 2.24) is 5.32 Å². The van der Waals surface area contributed by atoms with Crippen LogP contribution in [0.1, 0.15) is 51.9 Å². The predicted octanol–water partition coefficient (Wildman–Crippen LogP) is 0.966. The molecule has 0 saturated carbocycles. The standard InChI is InChI=1S/C14H26N2O5/c1-2-3-10(4-6-12(17)18)8-9-16-14(21)11(15)5-7-13(19)20/h10-11H,2-9,15H2,1H3,(H,16,21)(H,17,18)(H,19,20). The Morgan fingerprint density at radius 3 is 2.10 bits per heavy atom. The number of rotatable bonds is 12. The van der Waals surface area contributed by atoms with Crippen LogP contribution in [0.5, 0.6) is 0 Å². The Balaban J connectivity index is 3.97. The molecule has 0 aliphatic heterocycles. The molecule has 0 heterocycles. The summed E-state index contributed by atoms with van der Waals surface area (Å²) in [5.74, 6) is -1.88. The first-order chi connectivity index (χ1) is 9.86. The van der Waals surface area contributed by atoms with Crippen molar-refractivity contribution in [3.63, 3.8) is 0 Å². The lowest BCUT2D eigenvalue weighted by atomic mass is 9.94. The zero-order valence-corrected chi connectivity index (χ0v) is 12.5. The van der Waals surface area contributed by atoms with Crippen LogP contribution in [0.15, 0.2) is 0 Å². The van der Waals surface area contributed by atoms with Crippen molar-refractivity contribution in [2.24, 2.45) is 11.7 Å². The second-order valence-electron chi connectivity index (χ2n) is 5.21. The number of carboxylic acid groups (broad SMARTS) is 2. The number of carboxylic acids is 2. The van der Waals surface area contributed by atoms with Gasteiger partial charge in [-0.3, -0.25) is 14.4 Å². The van der Waals surface area contributed by atoms with E-state index in [0.29, 0.717) is 19.4 Å². The molecule has 0 aromatic carbocycles. The summed E-state index contributed by atoms with van der Waals surface area (Å²) >= 11 is 0. The molecule has 5 N–H and O–H groups in total. The zero-order chi connectivity index (χ0) is 16.3. The van der Waals surface area contributed by atoms with E-state index in [1.165, 1.54) is 0 Å². The molecule has 0 saturated heterocycles. The minimum Gasteiger partial charge on any atom is -0.481 e. The van der Waals surface area contributed by atoms with Crippen LogP contribution in [0.3, 0.4) is 0 Å². The summed E-state index contributed by atoms with van der Waals surface area (Å²) in [6.45, 7) is 2.47. The summed E-state index contributed by atoms with van der Waals surface area (Å²) in [6.07, 6.45) is 3.31. The molecule has 0 spiro atoms. The van der Waals surface area contributed by atoms with Crippen LogP contribution in [0.25, 0.3) is 0 Å². The monoisotopic (exact) mass is 302 g/mol. The third kappa shape index (κ3) is 10.8. The first kappa shape index (κ1) is 19.4. The summed E-state index contributed by atoms with van der Waals surface area (Å²) in [5.41, 5.74) is 5.59. The normalized spacial score (nSPS) is 13.4. The third-order valence-corrected chi connectivity index (χ3v) is 3.32. The van der Waals surface area contributed by atoms with Crippen LogP contribution in [0, 0.1) is 5.92 Å². The van der Waals surface area contributed by atoms with Gasteiger partial charge in [-0.15, -0.1) is 0 Å². The molecular formula is C14H26N2O5. The minimum absolute atomic E-state index is 0.110. The van der Waals surface area contributed by atoms with Gasteiger partial charge in [0.15, 0.2) is 0 Å². The maximum atomic E-state index is 11.6. The van der Waals surface area contributed by atoms with Crippen LogP contribution in [-0.2, 0) is 14.4 Å². The molecule has 0 bridgehead atoms. The molecular weight excluding hydrogens is 276 g/mol. The van der Waals surface area contributed by atoms with Gasteiger partial charge >= 0.3 is 11.9 Å². The molecule has 7 nitrogen and oxygen atoms in total. The van der Waals surface area contributed by atoms with E-state index in [1.54, 1.807) is 0 Å². The maximum absolute atomic E-state index is 11.6. The average molecular weight is 302 g/mol. The minimum atomic E-state index is -0.977. The molecule has 0 aliphatic carbocycles. The van der Waals surface area contributed by atoms with E-state index in [4.69, 9.17) is 15.9 Å². The van der Waals surface area contributed by atoms with Crippen LogP contribution < -0.4 is 11.1 Å². The summed E-state index contributed by atoms with van der Waals surface area (Å²) in [7, 11) is 0. The fourth-order valence-electron chi connectivity index (χ4n) is 2.11. The van der Waals surface area contributed by atoms with E-state index in [9.17, 15) is 14.4 Å². The van der Waals surface area contributed by atoms with Crippen molar-refractivity contribution >= 4 is 17.8 Å². The fraction of sp³-hybridized carbons (Fsp3) is 0.786. The van der Waals surface area contributed by atoms with E-state index in [1.807, 2.05) is 6.92 Å². The largest absolute Gasteiger partial charge is 0.481 e. The molecule has 7 heteroatoms. The average Bonchev–Trinajstić information content (AvgIpc) is 2.41. The highest BCUT2D eigenvalue weighted by Crippen LogP contribution is 2.17. The SMILES string of the molecule is CCCC(CCNC(=O)C(N)CCC(=O)O)CCC(=O)O. The number of amides is 1. The number of nitrogens with two attached hydrogens (primary N) is 1. The highest BCUT2D eigenvalue weighted by molar-refractivity contribution is 5.82. The smallest absolute Gasteiger partial charge is 0.303 e. The number of nitrogens with one attached hydrogen (secondary N) is 1. The van der Waals surface area contributed by atoms with Gasteiger partial charge < -0.3 is 21.3 Å². The molecule has 0 rings (SSSR count). The van der Waals surface area contributed by atoms with Crippen LogP contribution in [0.4, 0.5) is 0 Å². The van der Waals surface area contributed by atoms with E-state index in [2.05, 4.69) is 5.32 Å². The molecule has 0 aromatic rings. The Morgan fingerprint density at radius 2 is 1.57 bits per heavy atom. The summed E-state index contributed by atoms with van der Waals surface area (Å²) in [5, 5.41) is 19.9. The number of carbonyl (C=O) groups excluding carboxylic acids is 1. The summed E-state index contributed by atoms with van der Waals surface area (Å²) in [4.78, 5) is 32.6. The van der Waals surface area contributed by atoms with Gasteiger partial charge in [0.25, 0.3) is 0 Å². The quantitative estimate of drug-likeness (QED) is 0.425. The van der Waals surface area contributed by atoms with Crippen molar-refractivity contribution in [1.29, 1.82) is 0 Å². The van der Waals surface area contributed by atoms with Gasteiger partial charge in [-0.1, -0.05) is 19.8 Å². The summed E-state index contributed by atoms with van der Waals surface area (Å²) in [6, 6.07) is -0.815. The zero-order valence-electron chi connectivity index (χ0n) is 12.5. The molecule has 21 heavy (non-hydrogen) atoms. The van der Waals surface area contributed by atoms with Crippen molar-refractivity contribution in [2.75, 3.05) is 6.54 Å². The van der Waals surface area contributed by atoms with E-state index in [-0.39, 0.29) is 31.1 Å². The first-order valence-corrected chi connectivity index (χ1v) is 7.33. The Bertz CT molecular complexity index is 346. The molecule has 0 aromatic heterocycles. The van der Waals surface area contributed by atoms with Gasteiger partial charge in [-0.05, 0) is 25.2 Å². The first-order valence-electron chi connectivity index (χ1n) is 7.33.